The van der Waals surface area contributed by atoms with E-state index in [2.05, 4.69) is 37.7 Å². The number of carbonyl (C=O) groups is 2. The van der Waals surface area contributed by atoms with Crippen LogP contribution in [0.25, 0.3) is 17.1 Å². The molecule has 2 amide bonds. The summed E-state index contributed by atoms with van der Waals surface area (Å²) in [5.41, 5.74) is 6.10. The van der Waals surface area contributed by atoms with E-state index in [1.54, 1.807) is 29.2 Å². The quantitative estimate of drug-likeness (QED) is 0.234. The number of nitrogens with zero attached hydrogens (tertiary/aromatic N) is 4. The molecule has 218 valence electrons. The van der Waals surface area contributed by atoms with Crippen molar-refractivity contribution < 1.29 is 24.3 Å². The lowest BCUT2D eigenvalue weighted by Gasteiger charge is -2.26. The Hall–Kier alpha value is -4.42. The topological polar surface area (TPSA) is 131 Å². The van der Waals surface area contributed by atoms with Gasteiger partial charge in [-0.2, -0.15) is 5.10 Å². The predicted molar refractivity (Wildman–Crippen MR) is 155 cm³/mol. The van der Waals surface area contributed by atoms with Gasteiger partial charge in [0.15, 0.2) is 11.9 Å². The Balaban J connectivity index is 1.33. The third kappa shape index (κ3) is 7.25. The second kappa shape index (κ2) is 14.0. The van der Waals surface area contributed by atoms with Crippen LogP contribution in [0.2, 0.25) is 0 Å². The zero-order valence-electron chi connectivity index (χ0n) is 23.3. The first-order valence-corrected chi connectivity index (χ1v) is 13.8. The number of carbonyl (C=O) groups excluding carboxylic acids is 2. The fraction of sp³-hybridized carbons (Fsp3) is 0.290. The van der Waals surface area contributed by atoms with Crippen molar-refractivity contribution >= 4 is 11.8 Å². The summed E-state index contributed by atoms with van der Waals surface area (Å²) in [6.45, 7) is 4.26. The van der Waals surface area contributed by atoms with Crippen LogP contribution in [0.4, 0.5) is 0 Å². The maximum atomic E-state index is 13.5. The summed E-state index contributed by atoms with van der Waals surface area (Å²) in [6.07, 6.45) is 1.99. The molecule has 1 fully saturated rings. The maximum Gasteiger partial charge on any atom is 0.274 e. The number of hydrogen-bond donors (Lipinski definition) is 3. The Kier molecular flexibility index (Phi) is 9.67. The smallest absolute Gasteiger partial charge is 0.274 e. The number of amides is 2. The molecule has 2 aromatic carbocycles. The molecule has 0 spiro atoms. The Morgan fingerprint density at radius 2 is 1.76 bits per heavy atom. The Bertz CT molecular complexity index is 1470. The molecule has 1 aliphatic heterocycles. The number of morpholine rings is 1. The summed E-state index contributed by atoms with van der Waals surface area (Å²) in [4.78, 5) is 37.4. The predicted octanol–water partition coefficient (Wildman–Crippen LogP) is 2.15. The molecular weight excluding hydrogens is 536 g/mol. The fourth-order valence-electron chi connectivity index (χ4n) is 4.85. The Morgan fingerprint density at radius 1 is 1.00 bits per heavy atom. The highest BCUT2D eigenvalue weighted by Gasteiger charge is 2.29. The number of aromatic nitrogens is 3. The summed E-state index contributed by atoms with van der Waals surface area (Å²) < 4.78 is 6.98. The number of hydroxylamine groups is 1. The third-order valence-corrected chi connectivity index (χ3v) is 7.06. The van der Waals surface area contributed by atoms with E-state index in [0.29, 0.717) is 5.82 Å². The fourth-order valence-corrected chi connectivity index (χ4v) is 4.85. The van der Waals surface area contributed by atoms with Crippen molar-refractivity contribution in [1.82, 2.24) is 30.5 Å². The lowest BCUT2D eigenvalue weighted by Crippen LogP contribution is -2.51. The highest BCUT2D eigenvalue weighted by atomic mass is 16.6. The Labute approximate surface area is 244 Å². The number of aliphatic hydroxyl groups excluding tert-OH is 1. The molecule has 1 saturated heterocycles. The average molecular weight is 571 g/mol. The van der Waals surface area contributed by atoms with E-state index in [-0.39, 0.29) is 12.0 Å². The van der Waals surface area contributed by atoms with Crippen LogP contribution in [0.5, 0.6) is 0 Å². The number of ether oxygens (including phenoxy) is 1. The number of nitrogens with one attached hydrogen (secondary N) is 2. The van der Waals surface area contributed by atoms with Crippen molar-refractivity contribution in [2.24, 2.45) is 0 Å². The molecule has 11 heteroatoms. The van der Waals surface area contributed by atoms with Crippen LogP contribution in [-0.4, -0.2) is 82.1 Å². The van der Waals surface area contributed by atoms with E-state index in [4.69, 9.17) is 9.84 Å². The molecule has 2 atom stereocenters. The molecule has 0 saturated carbocycles. The van der Waals surface area contributed by atoms with Gasteiger partial charge >= 0.3 is 0 Å². The van der Waals surface area contributed by atoms with Crippen molar-refractivity contribution in [3.05, 3.63) is 102 Å². The monoisotopic (exact) mass is 570 g/mol. The van der Waals surface area contributed by atoms with Crippen molar-refractivity contribution in [3.63, 3.8) is 0 Å². The van der Waals surface area contributed by atoms with E-state index >= 15 is 0 Å². The molecule has 2 unspecified atom stereocenters. The third-order valence-electron chi connectivity index (χ3n) is 7.06. The zero-order valence-corrected chi connectivity index (χ0v) is 23.3. The van der Waals surface area contributed by atoms with Gasteiger partial charge in [0, 0.05) is 37.6 Å². The van der Waals surface area contributed by atoms with Gasteiger partial charge in [-0.1, -0.05) is 54.6 Å². The molecule has 42 heavy (non-hydrogen) atoms. The summed E-state index contributed by atoms with van der Waals surface area (Å²) >= 11 is 0. The van der Waals surface area contributed by atoms with E-state index in [1.807, 2.05) is 48.5 Å². The van der Waals surface area contributed by atoms with Gasteiger partial charge in [0.25, 0.3) is 11.8 Å². The van der Waals surface area contributed by atoms with Gasteiger partial charge in [0.1, 0.15) is 0 Å². The van der Waals surface area contributed by atoms with Gasteiger partial charge in [0.2, 0.25) is 0 Å². The van der Waals surface area contributed by atoms with Crippen LogP contribution in [0.3, 0.4) is 0 Å². The minimum Gasteiger partial charge on any atom is -0.381 e. The highest BCUT2D eigenvalue weighted by molar-refractivity contribution is 5.97. The Morgan fingerprint density at radius 3 is 2.50 bits per heavy atom. The lowest BCUT2D eigenvalue weighted by molar-refractivity contribution is -0.141. The second-order valence-electron chi connectivity index (χ2n) is 9.99. The standard InChI is InChI=1S/C31H34N6O5/c1-41-35-31(40)28(38)27(20-22-6-3-2-4-7-22)33-30(39)25-8-5-14-32-29(25)37-15-13-26(34-37)24-11-9-23(10-12-24)21-36-16-18-42-19-17-36/h2-15,27-28,38H,16-21H2,1H3,(H,33,39)(H,35,40). The summed E-state index contributed by atoms with van der Waals surface area (Å²) in [5, 5.41) is 18.2. The van der Waals surface area contributed by atoms with Crippen molar-refractivity contribution in [1.29, 1.82) is 0 Å². The van der Waals surface area contributed by atoms with Crippen LogP contribution in [-0.2, 0) is 27.3 Å². The van der Waals surface area contributed by atoms with Crippen LogP contribution in [0.1, 0.15) is 21.5 Å². The SMILES string of the molecule is CONC(=O)C(O)C(Cc1ccccc1)NC(=O)c1cccnc1-n1ccc(-c2ccc(CN3CCOCC3)cc2)n1. The molecular formula is C31H34N6O5. The highest BCUT2D eigenvalue weighted by Crippen LogP contribution is 2.21. The molecule has 4 aromatic rings. The molecule has 11 nitrogen and oxygen atoms in total. The zero-order chi connectivity index (χ0) is 29.3. The summed E-state index contributed by atoms with van der Waals surface area (Å²) in [6, 6.07) is 21.8. The number of aliphatic hydroxyl groups is 1. The molecule has 3 heterocycles. The molecule has 2 aromatic heterocycles. The van der Waals surface area contributed by atoms with Gasteiger partial charge in [-0.3, -0.25) is 19.3 Å². The number of rotatable bonds is 11. The van der Waals surface area contributed by atoms with Gasteiger partial charge in [-0.15, -0.1) is 0 Å². The average Bonchev–Trinajstić information content (AvgIpc) is 3.52. The first-order valence-electron chi connectivity index (χ1n) is 13.8. The van der Waals surface area contributed by atoms with E-state index < -0.39 is 24.0 Å². The molecule has 1 aliphatic rings. The van der Waals surface area contributed by atoms with Gasteiger partial charge in [-0.05, 0) is 35.7 Å². The van der Waals surface area contributed by atoms with Crippen molar-refractivity contribution in [2.75, 3.05) is 33.4 Å². The number of benzene rings is 2. The number of pyridine rings is 1. The summed E-state index contributed by atoms with van der Waals surface area (Å²) in [7, 11) is 1.27. The molecule has 3 N–H and O–H groups in total. The van der Waals surface area contributed by atoms with Gasteiger partial charge < -0.3 is 15.2 Å². The first kappa shape index (κ1) is 29.1. The minimum absolute atomic E-state index is 0.216. The van der Waals surface area contributed by atoms with E-state index in [9.17, 15) is 14.7 Å². The first-order chi connectivity index (χ1) is 20.5. The normalized spacial score (nSPS) is 15.1. The van der Waals surface area contributed by atoms with Crippen molar-refractivity contribution in [3.8, 4) is 17.1 Å². The van der Waals surface area contributed by atoms with E-state index in [0.717, 1.165) is 49.7 Å². The molecule has 0 bridgehead atoms. The minimum atomic E-state index is -1.56. The van der Waals surface area contributed by atoms with E-state index in [1.165, 1.54) is 12.7 Å². The lowest BCUT2D eigenvalue weighted by atomic mass is 10.00. The summed E-state index contributed by atoms with van der Waals surface area (Å²) in [5.74, 6) is -0.954. The largest absolute Gasteiger partial charge is 0.381 e. The van der Waals surface area contributed by atoms with Crippen LogP contribution in [0, 0.1) is 0 Å². The van der Waals surface area contributed by atoms with Crippen LogP contribution >= 0.6 is 0 Å². The molecule has 0 radical (unpaired) electrons. The van der Waals surface area contributed by atoms with Crippen LogP contribution in [0.15, 0.2) is 85.2 Å². The van der Waals surface area contributed by atoms with Crippen LogP contribution < -0.4 is 10.8 Å². The number of hydrogen-bond acceptors (Lipinski definition) is 8. The second-order valence-corrected chi connectivity index (χ2v) is 9.99. The van der Waals surface area contributed by atoms with Gasteiger partial charge in [0.05, 0.1) is 37.6 Å². The molecule has 5 rings (SSSR count). The van der Waals surface area contributed by atoms with Gasteiger partial charge in [-0.25, -0.2) is 15.1 Å². The van der Waals surface area contributed by atoms with Crippen molar-refractivity contribution in [2.45, 2.75) is 25.1 Å². The maximum absolute atomic E-state index is 13.5. The molecule has 0 aliphatic carbocycles.